The van der Waals surface area contributed by atoms with Crippen molar-refractivity contribution in [3.05, 3.63) is 42.0 Å². The lowest BCUT2D eigenvalue weighted by atomic mass is 10.3. The molecule has 6 heteroatoms. The zero-order chi connectivity index (χ0) is 11.7. The van der Waals surface area contributed by atoms with Gasteiger partial charge in [0.1, 0.15) is 12.1 Å². The molecule has 0 N–H and O–H groups in total. The van der Waals surface area contributed by atoms with Crippen LogP contribution in [0.2, 0.25) is 0 Å². The van der Waals surface area contributed by atoms with Crippen LogP contribution in [-0.2, 0) is 12.4 Å². The second-order valence-electron chi connectivity index (χ2n) is 3.62. The van der Waals surface area contributed by atoms with E-state index >= 15 is 0 Å². The minimum Gasteiger partial charge on any atom is -0.439 e. The Kier molecular flexibility index (Phi) is 2.53. The Morgan fingerprint density at radius 1 is 1.29 bits per heavy atom. The highest BCUT2D eigenvalue weighted by Crippen LogP contribution is 2.15. The summed E-state index contributed by atoms with van der Waals surface area (Å²) in [4.78, 5) is 4.35. The molecule has 0 aliphatic carbocycles. The molecular formula is C11H9ClN4O. The maximum absolute atomic E-state index is 5.65. The van der Waals surface area contributed by atoms with Crippen molar-refractivity contribution >= 4 is 22.7 Å². The summed E-state index contributed by atoms with van der Waals surface area (Å²) in [7, 11) is 0. The van der Waals surface area contributed by atoms with E-state index in [0.717, 1.165) is 16.8 Å². The lowest BCUT2D eigenvalue weighted by Gasteiger charge is -1.92. The number of benzene rings is 1. The van der Waals surface area contributed by atoms with Crippen molar-refractivity contribution in [2.75, 3.05) is 0 Å². The molecule has 0 bridgehead atoms. The van der Waals surface area contributed by atoms with Crippen LogP contribution in [0, 0.1) is 0 Å². The third kappa shape index (κ3) is 2.01. The van der Waals surface area contributed by atoms with E-state index in [9.17, 15) is 0 Å². The quantitative estimate of drug-likeness (QED) is 0.667. The van der Waals surface area contributed by atoms with Gasteiger partial charge in [0.05, 0.1) is 17.8 Å². The number of aromatic nitrogens is 4. The third-order valence-corrected chi connectivity index (χ3v) is 2.63. The van der Waals surface area contributed by atoms with Crippen LogP contribution in [-0.4, -0.2) is 20.0 Å². The van der Waals surface area contributed by atoms with E-state index in [0.29, 0.717) is 18.3 Å². The largest absolute Gasteiger partial charge is 0.439 e. The molecule has 2 heterocycles. The molecule has 0 saturated carbocycles. The van der Waals surface area contributed by atoms with E-state index in [1.165, 1.54) is 0 Å². The van der Waals surface area contributed by atoms with Crippen LogP contribution in [0.3, 0.4) is 0 Å². The van der Waals surface area contributed by atoms with Gasteiger partial charge in [-0.2, -0.15) is 0 Å². The van der Waals surface area contributed by atoms with Gasteiger partial charge in [0.2, 0.25) is 5.89 Å². The fraction of sp³-hybridized carbons (Fsp3) is 0.182. The van der Waals surface area contributed by atoms with E-state index in [4.69, 9.17) is 16.0 Å². The van der Waals surface area contributed by atoms with Gasteiger partial charge in [0.25, 0.3) is 0 Å². The highest BCUT2D eigenvalue weighted by atomic mass is 35.5. The molecule has 0 aliphatic rings. The molecule has 1 aromatic carbocycles. The smallest absolute Gasteiger partial charge is 0.217 e. The number of para-hydroxylation sites is 2. The predicted octanol–water partition coefficient (Wildman–Crippen LogP) is 2.21. The summed E-state index contributed by atoms with van der Waals surface area (Å²) in [6.45, 7) is 0.457. The first kappa shape index (κ1) is 10.3. The standard InChI is InChI=1S/C11H9ClN4O/c12-5-8-6-16(15-14-8)7-11-13-9-3-1-2-4-10(9)17-11/h1-4,6H,5,7H2. The van der Waals surface area contributed by atoms with Crippen LogP contribution in [0.4, 0.5) is 0 Å². The minimum atomic E-state index is 0.355. The number of hydrogen-bond acceptors (Lipinski definition) is 4. The molecule has 17 heavy (non-hydrogen) atoms. The summed E-state index contributed by atoms with van der Waals surface area (Å²) in [5.41, 5.74) is 2.36. The molecule has 0 radical (unpaired) electrons. The van der Waals surface area contributed by atoms with E-state index in [1.807, 2.05) is 24.3 Å². The zero-order valence-corrected chi connectivity index (χ0v) is 9.63. The number of nitrogens with zero attached hydrogens (tertiary/aromatic N) is 4. The zero-order valence-electron chi connectivity index (χ0n) is 8.88. The van der Waals surface area contributed by atoms with Crippen LogP contribution in [0.25, 0.3) is 11.1 Å². The van der Waals surface area contributed by atoms with Gasteiger partial charge in [-0.05, 0) is 12.1 Å². The Hall–Kier alpha value is -1.88. The Balaban J connectivity index is 1.89. The average molecular weight is 249 g/mol. The fourth-order valence-corrected chi connectivity index (χ4v) is 1.73. The van der Waals surface area contributed by atoms with Crippen LogP contribution in [0.15, 0.2) is 34.9 Å². The van der Waals surface area contributed by atoms with Crippen molar-refractivity contribution in [2.45, 2.75) is 12.4 Å². The number of hydrogen-bond donors (Lipinski definition) is 0. The van der Waals surface area contributed by atoms with Gasteiger partial charge >= 0.3 is 0 Å². The SMILES string of the molecule is ClCc1cn(Cc2nc3ccccc3o2)nn1. The highest BCUT2D eigenvalue weighted by Gasteiger charge is 2.07. The van der Waals surface area contributed by atoms with Gasteiger partial charge in [0.15, 0.2) is 5.58 Å². The average Bonchev–Trinajstić information content (AvgIpc) is 2.94. The number of oxazole rings is 1. The van der Waals surface area contributed by atoms with Gasteiger partial charge in [-0.25, -0.2) is 9.67 Å². The second kappa shape index (κ2) is 4.18. The number of alkyl halides is 1. The van der Waals surface area contributed by atoms with Crippen LogP contribution >= 0.6 is 11.6 Å². The van der Waals surface area contributed by atoms with Crippen molar-refractivity contribution in [2.24, 2.45) is 0 Å². The van der Waals surface area contributed by atoms with Crippen LogP contribution in [0.5, 0.6) is 0 Å². The molecule has 5 nitrogen and oxygen atoms in total. The van der Waals surface area contributed by atoms with Gasteiger partial charge in [-0.15, -0.1) is 16.7 Å². The summed E-state index contributed by atoms with van der Waals surface area (Å²) in [6.07, 6.45) is 1.78. The monoisotopic (exact) mass is 248 g/mol. The van der Waals surface area contributed by atoms with Crippen LogP contribution < -0.4 is 0 Å². The van der Waals surface area contributed by atoms with Crippen molar-refractivity contribution in [1.29, 1.82) is 0 Å². The Bertz CT molecular complexity index is 613. The molecule has 2 aromatic heterocycles. The lowest BCUT2D eigenvalue weighted by molar-refractivity contribution is 0.485. The molecule has 0 saturated heterocycles. The summed E-state index contributed by atoms with van der Waals surface area (Å²) in [5.74, 6) is 0.963. The van der Waals surface area contributed by atoms with Gasteiger partial charge in [0, 0.05) is 0 Å². The molecule has 3 rings (SSSR count). The minimum absolute atomic E-state index is 0.355. The summed E-state index contributed by atoms with van der Waals surface area (Å²) in [6, 6.07) is 7.64. The molecule has 0 fully saturated rings. The maximum atomic E-state index is 5.65. The van der Waals surface area contributed by atoms with E-state index in [-0.39, 0.29) is 0 Å². The summed E-state index contributed by atoms with van der Waals surface area (Å²) in [5, 5.41) is 7.83. The van der Waals surface area contributed by atoms with Crippen molar-refractivity contribution in [1.82, 2.24) is 20.0 Å². The van der Waals surface area contributed by atoms with Gasteiger partial charge in [-0.1, -0.05) is 17.3 Å². The van der Waals surface area contributed by atoms with Crippen molar-refractivity contribution in [3.8, 4) is 0 Å². The van der Waals surface area contributed by atoms with Crippen LogP contribution in [0.1, 0.15) is 11.6 Å². The molecule has 0 atom stereocenters. The topological polar surface area (TPSA) is 56.7 Å². The number of halogens is 1. The molecule has 0 amide bonds. The molecule has 0 spiro atoms. The first-order valence-electron chi connectivity index (χ1n) is 5.14. The molecule has 0 aliphatic heterocycles. The molecular weight excluding hydrogens is 240 g/mol. The fourth-order valence-electron chi connectivity index (χ4n) is 1.60. The van der Waals surface area contributed by atoms with E-state index in [1.54, 1.807) is 10.9 Å². The number of fused-ring (bicyclic) bond motifs is 1. The first-order chi connectivity index (χ1) is 8.35. The predicted molar refractivity (Wildman–Crippen MR) is 62.7 cm³/mol. The summed E-state index contributed by atoms with van der Waals surface area (Å²) < 4.78 is 7.24. The van der Waals surface area contributed by atoms with E-state index in [2.05, 4.69) is 15.3 Å². The van der Waals surface area contributed by atoms with Crippen molar-refractivity contribution < 1.29 is 4.42 Å². The van der Waals surface area contributed by atoms with E-state index < -0.39 is 0 Å². The molecule has 0 unspecified atom stereocenters. The Labute approximate surface area is 102 Å². The van der Waals surface area contributed by atoms with Crippen molar-refractivity contribution in [3.63, 3.8) is 0 Å². The molecule has 3 aromatic rings. The normalized spacial score (nSPS) is 11.1. The third-order valence-electron chi connectivity index (χ3n) is 2.36. The summed E-state index contributed by atoms with van der Waals surface area (Å²) >= 11 is 5.65. The maximum Gasteiger partial charge on any atom is 0.217 e. The van der Waals surface area contributed by atoms with Gasteiger partial charge < -0.3 is 4.42 Å². The first-order valence-corrected chi connectivity index (χ1v) is 5.68. The Morgan fingerprint density at radius 2 is 2.18 bits per heavy atom. The highest BCUT2D eigenvalue weighted by molar-refractivity contribution is 6.16. The second-order valence-corrected chi connectivity index (χ2v) is 3.88. The number of rotatable bonds is 3. The van der Waals surface area contributed by atoms with Gasteiger partial charge in [-0.3, -0.25) is 0 Å². The lowest BCUT2D eigenvalue weighted by Crippen LogP contribution is -2.00. The molecule has 86 valence electrons. The Morgan fingerprint density at radius 3 is 2.94 bits per heavy atom.